The van der Waals surface area contributed by atoms with Crippen LogP contribution in [0.4, 0.5) is 4.39 Å². The maximum atomic E-state index is 12.6. The van der Waals surface area contributed by atoms with Gasteiger partial charge in [-0.05, 0) is 6.42 Å². The first-order valence-corrected chi connectivity index (χ1v) is 3.65. The Morgan fingerprint density at radius 1 is 1.50 bits per heavy atom. The molecule has 0 radical (unpaired) electrons. The van der Waals surface area contributed by atoms with Crippen LogP contribution in [-0.2, 0) is 0 Å². The number of hydrogen-bond acceptors (Lipinski definition) is 2. The molecule has 0 bridgehead atoms. The summed E-state index contributed by atoms with van der Waals surface area (Å²) in [5.74, 6) is 0. The first-order chi connectivity index (χ1) is 4.72. The van der Waals surface area contributed by atoms with Crippen LogP contribution >= 0.6 is 0 Å². The van der Waals surface area contributed by atoms with E-state index in [2.05, 4.69) is 0 Å². The van der Waals surface area contributed by atoms with E-state index >= 15 is 0 Å². The first kappa shape index (κ1) is 9.85. The summed E-state index contributed by atoms with van der Waals surface area (Å²) in [4.78, 5) is 0. The van der Waals surface area contributed by atoms with Gasteiger partial charge in [0.1, 0.15) is 12.3 Å². The Hall–Kier alpha value is -0.150. The predicted molar refractivity (Wildman–Crippen MR) is 37.5 cm³/mol. The molecular formula is C7H15FO2. The van der Waals surface area contributed by atoms with Crippen LogP contribution in [0, 0.1) is 0 Å². The molecule has 0 heterocycles. The van der Waals surface area contributed by atoms with Crippen molar-refractivity contribution in [2.75, 3.05) is 6.61 Å². The largest absolute Gasteiger partial charge is 0.394 e. The monoisotopic (exact) mass is 150 g/mol. The van der Waals surface area contributed by atoms with Gasteiger partial charge in [0.05, 0.1) is 6.61 Å². The third kappa shape index (κ3) is 3.80. The van der Waals surface area contributed by atoms with Crippen LogP contribution in [0.15, 0.2) is 0 Å². The van der Waals surface area contributed by atoms with Crippen molar-refractivity contribution in [1.82, 2.24) is 0 Å². The van der Waals surface area contributed by atoms with Crippen molar-refractivity contribution in [3.8, 4) is 0 Å². The number of halogens is 1. The number of aliphatic hydroxyl groups is 2. The molecule has 0 aromatic rings. The van der Waals surface area contributed by atoms with Crippen molar-refractivity contribution in [2.24, 2.45) is 0 Å². The van der Waals surface area contributed by atoms with E-state index in [1.54, 1.807) is 0 Å². The van der Waals surface area contributed by atoms with Gasteiger partial charge in [-0.15, -0.1) is 0 Å². The zero-order valence-electron chi connectivity index (χ0n) is 6.26. The summed E-state index contributed by atoms with van der Waals surface area (Å²) in [7, 11) is 0. The van der Waals surface area contributed by atoms with Gasteiger partial charge in [-0.25, -0.2) is 4.39 Å². The van der Waals surface area contributed by atoms with E-state index in [0.717, 1.165) is 12.8 Å². The molecule has 0 saturated heterocycles. The molecular weight excluding hydrogens is 135 g/mol. The SMILES string of the molecule is CCCCC(F)[C@@H](O)CO. The van der Waals surface area contributed by atoms with Gasteiger partial charge >= 0.3 is 0 Å². The lowest BCUT2D eigenvalue weighted by Crippen LogP contribution is -2.25. The van der Waals surface area contributed by atoms with E-state index in [9.17, 15) is 4.39 Å². The fraction of sp³-hybridized carbons (Fsp3) is 1.00. The molecule has 0 saturated carbocycles. The summed E-state index contributed by atoms with van der Waals surface area (Å²) >= 11 is 0. The van der Waals surface area contributed by atoms with Gasteiger partial charge in [0.25, 0.3) is 0 Å². The fourth-order valence-electron chi connectivity index (χ4n) is 0.706. The number of unbranched alkanes of at least 4 members (excludes halogenated alkanes) is 1. The van der Waals surface area contributed by atoms with Crippen LogP contribution in [0.3, 0.4) is 0 Å². The highest BCUT2D eigenvalue weighted by atomic mass is 19.1. The Balaban J connectivity index is 3.31. The summed E-state index contributed by atoms with van der Waals surface area (Å²) in [5, 5.41) is 17.0. The van der Waals surface area contributed by atoms with E-state index in [0.29, 0.717) is 6.42 Å². The maximum Gasteiger partial charge on any atom is 0.128 e. The summed E-state index contributed by atoms with van der Waals surface area (Å²) < 4.78 is 12.6. The highest BCUT2D eigenvalue weighted by Gasteiger charge is 2.15. The van der Waals surface area contributed by atoms with Gasteiger partial charge in [0.2, 0.25) is 0 Å². The zero-order valence-corrected chi connectivity index (χ0v) is 6.26. The Labute approximate surface area is 60.7 Å². The lowest BCUT2D eigenvalue weighted by Gasteiger charge is -2.11. The van der Waals surface area contributed by atoms with Crippen molar-refractivity contribution < 1.29 is 14.6 Å². The van der Waals surface area contributed by atoms with Crippen LogP contribution in [0.25, 0.3) is 0 Å². The van der Waals surface area contributed by atoms with Gasteiger partial charge in [0, 0.05) is 0 Å². The van der Waals surface area contributed by atoms with Crippen molar-refractivity contribution >= 4 is 0 Å². The number of hydrogen-bond donors (Lipinski definition) is 2. The summed E-state index contributed by atoms with van der Waals surface area (Å²) in [6.07, 6.45) is -0.425. The number of aliphatic hydroxyl groups excluding tert-OH is 2. The minimum Gasteiger partial charge on any atom is -0.394 e. The molecule has 2 atom stereocenters. The first-order valence-electron chi connectivity index (χ1n) is 3.65. The second-order valence-corrected chi connectivity index (χ2v) is 2.41. The second kappa shape index (κ2) is 5.62. The third-order valence-corrected chi connectivity index (χ3v) is 1.44. The van der Waals surface area contributed by atoms with Crippen molar-refractivity contribution in [1.29, 1.82) is 0 Å². The molecule has 0 spiro atoms. The predicted octanol–water partition coefficient (Wildman–Crippen LogP) is 0.868. The van der Waals surface area contributed by atoms with Crippen LogP contribution in [0.2, 0.25) is 0 Å². The van der Waals surface area contributed by atoms with Crippen molar-refractivity contribution in [3.05, 3.63) is 0 Å². The summed E-state index contributed by atoms with van der Waals surface area (Å²) in [5.41, 5.74) is 0. The minimum atomic E-state index is -1.26. The van der Waals surface area contributed by atoms with Gasteiger partial charge in [-0.1, -0.05) is 19.8 Å². The molecule has 0 fully saturated rings. The third-order valence-electron chi connectivity index (χ3n) is 1.44. The summed E-state index contributed by atoms with van der Waals surface area (Å²) in [6, 6.07) is 0. The van der Waals surface area contributed by atoms with Crippen LogP contribution < -0.4 is 0 Å². The molecule has 0 aliphatic carbocycles. The molecule has 0 aromatic carbocycles. The van der Waals surface area contributed by atoms with E-state index < -0.39 is 18.9 Å². The quantitative estimate of drug-likeness (QED) is 0.610. The normalized spacial score (nSPS) is 16.8. The Bertz CT molecular complexity index is 78.0. The molecule has 2 nitrogen and oxygen atoms in total. The molecule has 1 unspecified atom stereocenters. The zero-order chi connectivity index (χ0) is 7.98. The van der Waals surface area contributed by atoms with Gasteiger partial charge in [0.15, 0.2) is 0 Å². The van der Waals surface area contributed by atoms with E-state index in [1.807, 2.05) is 6.92 Å². The fourth-order valence-corrected chi connectivity index (χ4v) is 0.706. The van der Waals surface area contributed by atoms with E-state index in [4.69, 9.17) is 10.2 Å². The highest BCUT2D eigenvalue weighted by molar-refractivity contribution is 4.65. The number of rotatable bonds is 5. The minimum absolute atomic E-state index is 0.345. The average Bonchev–Trinajstić information content (AvgIpc) is 1.98. The topological polar surface area (TPSA) is 40.5 Å². The second-order valence-electron chi connectivity index (χ2n) is 2.41. The lowest BCUT2D eigenvalue weighted by atomic mass is 10.1. The molecule has 3 heteroatoms. The average molecular weight is 150 g/mol. The molecule has 62 valence electrons. The maximum absolute atomic E-state index is 12.6. The Kier molecular flexibility index (Phi) is 5.54. The van der Waals surface area contributed by atoms with E-state index in [1.165, 1.54) is 0 Å². The molecule has 10 heavy (non-hydrogen) atoms. The van der Waals surface area contributed by atoms with Crippen LogP contribution in [0.1, 0.15) is 26.2 Å². The molecule has 0 amide bonds. The molecule has 2 N–H and O–H groups in total. The molecule has 0 aliphatic rings. The Morgan fingerprint density at radius 2 is 2.10 bits per heavy atom. The summed E-state index contributed by atoms with van der Waals surface area (Å²) in [6.45, 7) is 1.48. The van der Waals surface area contributed by atoms with E-state index in [-0.39, 0.29) is 0 Å². The smallest absolute Gasteiger partial charge is 0.128 e. The van der Waals surface area contributed by atoms with Crippen LogP contribution in [-0.4, -0.2) is 29.1 Å². The lowest BCUT2D eigenvalue weighted by molar-refractivity contribution is 0.0244. The highest BCUT2D eigenvalue weighted by Crippen LogP contribution is 2.08. The van der Waals surface area contributed by atoms with Crippen molar-refractivity contribution in [3.63, 3.8) is 0 Å². The van der Waals surface area contributed by atoms with Gasteiger partial charge in [-0.3, -0.25) is 0 Å². The standard InChI is InChI=1S/C7H15FO2/c1-2-3-4-6(8)7(10)5-9/h6-7,9-10H,2-5H2,1H3/t6?,7-/m0/s1. The number of alkyl halides is 1. The van der Waals surface area contributed by atoms with Gasteiger partial charge in [-0.2, -0.15) is 0 Å². The Morgan fingerprint density at radius 3 is 2.50 bits per heavy atom. The molecule has 0 aromatic heterocycles. The molecule has 0 rings (SSSR count). The van der Waals surface area contributed by atoms with Crippen LogP contribution in [0.5, 0.6) is 0 Å². The van der Waals surface area contributed by atoms with Gasteiger partial charge < -0.3 is 10.2 Å². The van der Waals surface area contributed by atoms with Crippen molar-refractivity contribution in [2.45, 2.75) is 38.5 Å². The molecule has 0 aliphatic heterocycles.